The Morgan fingerprint density at radius 1 is 1.14 bits per heavy atom. The molecule has 0 amide bonds. The van der Waals surface area contributed by atoms with E-state index >= 15 is 0 Å². The molecule has 0 fully saturated rings. The van der Waals surface area contributed by atoms with Crippen molar-refractivity contribution in [2.45, 2.75) is 59.9 Å². The molecule has 0 N–H and O–H groups in total. The second-order valence-electron chi connectivity index (χ2n) is 3.68. The maximum Gasteiger partial charge on any atom is 0.0390 e. The van der Waals surface area contributed by atoms with Crippen molar-refractivity contribution in [2.75, 3.05) is 0 Å². The van der Waals surface area contributed by atoms with Gasteiger partial charge < -0.3 is 4.57 Å². The second-order valence-corrected chi connectivity index (χ2v) is 3.68. The number of hydrogen-bond donors (Lipinski definition) is 0. The summed E-state index contributed by atoms with van der Waals surface area (Å²) in [6, 6.07) is 4.35. The van der Waals surface area contributed by atoms with Crippen LogP contribution in [0.4, 0.5) is 0 Å². The van der Waals surface area contributed by atoms with Gasteiger partial charge in [0.1, 0.15) is 0 Å². The van der Waals surface area contributed by atoms with Gasteiger partial charge in [-0.25, -0.2) is 0 Å². The second kappa shape index (κ2) is 5.90. The van der Waals surface area contributed by atoms with Crippen molar-refractivity contribution < 1.29 is 0 Å². The van der Waals surface area contributed by atoms with E-state index in [-0.39, 0.29) is 0 Å². The predicted molar refractivity (Wildman–Crippen MR) is 64.8 cm³/mol. The molecule has 0 spiro atoms. The average Bonchev–Trinajstić information content (AvgIpc) is 2.78. The van der Waals surface area contributed by atoms with E-state index in [1.165, 1.54) is 18.5 Å². The van der Waals surface area contributed by atoms with Crippen LogP contribution in [0, 0.1) is 0 Å². The lowest BCUT2D eigenvalue weighted by molar-refractivity contribution is 0.376. The van der Waals surface area contributed by atoms with Gasteiger partial charge in [0.2, 0.25) is 0 Å². The number of rotatable bonds is 0. The largest absolute Gasteiger partial charge is 0.346 e. The van der Waals surface area contributed by atoms with Gasteiger partial charge in [0.25, 0.3) is 0 Å². The van der Waals surface area contributed by atoms with E-state index < -0.39 is 0 Å². The molecular formula is C13H25N. The normalized spacial score (nSPS) is 15.9. The maximum atomic E-state index is 2.38. The Morgan fingerprint density at radius 3 is 2.21 bits per heavy atom. The molecule has 2 heterocycles. The molecule has 0 unspecified atom stereocenters. The Labute approximate surface area is 89.1 Å². The first-order chi connectivity index (χ1) is 6.70. The van der Waals surface area contributed by atoms with E-state index in [0.717, 1.165) is 0 Å². The minimum absolute atomic E-state index is 0.374. The lowest BCUT2D eigenvalue weighted by Crippen LogP contribution is -2.19. The Bertz CT molecular complexity index is 245. The molecule has 0 atom stereocenters. The summed E-state index contributed by atoms with van der Waals surface area (Å²) in [6.45, 7) is 12.6. The zero-order valence-corrected chi connectivity index (χ0v) is 10.6. The SMILES string of the molecule is CC.CC.CC1(C)CCc2cccn21. The minimum atomic E-state index is 0.374. The van der Waals surface area contributed by atoms with Gasteiger partial charge in [-0.1, -0.05) is 27.7 Å². The Kier molecular flexibility index (Phi) is 5.59. The van der Waals surface area contributed by atoms with E-state index in [4.69, 9.17) is 0 Å². The van der Waals surface area contributed by atoms with E-state index in [1.54, 1.807) is 0 Å². The van der Waals surface area contributed by atoms with Gasteiger partial charge in [-0.2, -0.15) is 0 Å². The third kappa shape index (κ3) is 2.63. The minimum Gasteiger partial charge on any atom is -0.346 e. The molecule has 2 rings (SSSR count). The summed E-state index contributed by atoms with van der Waals surface area (Å²) in [4.78, 5) is 0. The van der Waals surface area contributed by atoms with Gasteiger partial charge in [-0.05, 0) is 38.8 Å². The first-order valence-electron chi connectivity index (χ1n) is 5.87. The number of fused-ring (bicyclic) bond motifs is 1. The summed E-state index contributed by atoms with van der Waals surface area (Å²) >= 11 is 0. The van der Waals surface area contributed by atoms with Crippen LogP contribution in [0.3, 0.4) is 0 Å². The molecule has 0 saturated carbocycles. The van der Waals surface area contributed by atoms with Crippen LogP contribution in [0.5, 0.6) is 0 Å². The van der Waals surface area contributed by atoms with Gasteiger partial charge in [0, 0.05) is 17.4 Å². The Balaban J connectivity index is 0.000000379. The van der Waals surface area contributed by atoms with Crippen LogP contribution in [0.1, 0.15) is 53.7 Å². The van der Waals surface area contributed by atoms with Crippen molar-refractivity contribution in [3.8, 4) is 0 Å². The summed E-state index contributed by atoms with van der Waals surface area (Å²) in [5.41, 5.74) is 1.86. The summed E-state index contributed by atoms with van der Waals surface area (Å²) in [6.07, 6.45) is 4.73. The topological polar surface area (TPSA) is 4.93 Å². The lowest BCUT2D eigenvalue weighted by Gasteiger charge is -2.20. The molecule has 1 aromatic rings. The zero-order chi connectivity index (χ0) is 11.2. The molecule has 1 aliphatic rings. The van der Waals surface area contributed by atoms with Gasteiger partial charge in [-0.3, -0.25) is 0 Å². The molecule has 82 valence electrons. The zero-order valence-electron chi connectivity index (χ0n) is 10.6. The summed E-state index contributed by atoms with van der Waals surface area (Å²) in [5.74, 6) is 0. The molecule has 0 aliphatic carbocycles. The molecule has 1 heteroatoms. The molecule has 0 bridgehead atoms. The van der Waals surface area contributed by atoms with Crippen LogP contribution >= 0.6 is 0 Å². The van der Waals surface area contributed by atoms with Crippen LogP contribution < -0.4 is 0 Å². The molecule has 14 heavy (non-hydrogen) atoms. The van der Waals surface area contributed by atoms with E-state index in [9.17, 15) is 0 Å². The van der Waals surface area contributed by atoms with Gasteiger partial charge in [0.05, 0.1) is 0 Å². The first kappa shape index (κ1) is 13.3. The van der Waals surface area contributed by atoms with Crippen LogP contribution in [-0.4, -0.2) is 4.57 Å². The molecule has 0 aromatic carbocycles. The number of hydrogen-bond acceptors (Lipinski definition) is 0. The highest BCUT2D eigenvalue weighted by Crippen LogP contribution is 2.30. The number of nitrogens with zero attached hydrogens (tertiary/aromatic N) is 1. The fourth-order valence-electron chi connectivity index (χ4n) is 1.76. The molecular weight excluding hydrogens is 170 g/mol. The molecule has 1 aliphatic heterocycles. The van der Waals surface area contributed by atoms with Crippen molar-refractivity contribution in [1.29, 1.82) is 0 Å². The van der Waals surface area contributed by atoms with Gasteiger partial charge >= 0.3 is 0 Å². The molecule has 1 nitrogen and oxygen atoms in total. The van der Waals surface area contributed by atoms with Gasteiger partial charge in [0.15, 0.2) is 0 Å². The van der Waals surface area contributed by atoms with Crippen molar-refractivity contribution in [3.05, 3.63) is 24.0 Å². The van der Waals surface area contributed by atoms with Gasteiger partial charge in [-0.15, -0.1) is 0 Å². The van der Waals surface area contributed by atoms with E-state index in [2.05, 4.69) is 36.7 Å². The average molecular weight is 195 g/mol. The lowest BCUT2D eigenvalue weighted by atomic mass is 10.0. The highest BCUT2D eigenvalue weighted by atomic mass is 15.1. The predicted octanol–water partition coefficient (Wildman–Crippen LogP) is 4.22. The van der Waals surface area contributed by atoms with Crippen molar-refractivity contribution >= 4 is 0 Å². The fourth-order valence-corrected chi connectivity index (χ4v) is 1.76. The van der Waals surface area contributed by atoms with Crippen molar-refractivity contribution in [1.82, 2.24) is 4.57 Å². The molecule has 0 saturated heterocycles. The van der Waals surface area contributed by atoms with Crippen molar-refractivity contribution in [3.63, 3.8) is 0 Å². The highest BCUT2D eigenvalue weighted by molar-refractivity contribution is 5.15. The molecule has 0 radical (unpaired) electrons. The van der Waals surface area contributed by atoms with Crippen molar-refractivity contribution in [2.24, 2.45) is 0 Å². The Hall–Kier alpha value is -0.720. The number of aryl methyl sites for hydroxylation is 1. The van der Waals surface area contributed by atoms with E-state index in [1.807, 2.05) is 27.7 Å². The van der Waals surface area contributed by atoms with Crippen LogP contribution in [0.25, 0.3) is 0 Å². The maximum absolute atomic E-state index is 2.38. The summed E-state index contributed by atoms with van der Waals surface area (Å²) in [7, 11) is 0. The number of aromatic nitrogens is 1. The summed E-state index contributed by atoms with van der Waals surface area (Å²) < 4.78 is 2.38. The Morgan fingerprint density at radius 2 is 1.71 bits per heavy atom. The highest BCUT2D eigenvalue weighted by Gasteiger charge is 2.27. The third-order valence-electron chi connectivity index (χ3n) is 2.48. The fraction of sp³-hybridized carbons (Fsp3) is 0.692. The standard InChI is InChI=1S/C9H13N.2C2H6/c1-9(2)6-5-8-4-3-7-10(8)9;2*1-2/h3-4,7H,5-6H2,1-2H3;2*1-2H3. The smallest absolute Gasteiger partial charge is 0.0390 e. The van der Waals surface area contributed by atoms with Crippen LogP contribution in [-0.2, 0) is 12.0 Å². The van der Waals surface area contributed by atoms with E-state index in [0.29, 0.717) is 5.54 Å². The quantitative estimate of drug-likeness (QED) is 0.584. The van der Waals surface area contributed by atoms with Crippen LogP contribution in [0.2, 0.25) is 0 Å². The first-order valence-corrected chi connectivity index (χ1v) is 5.87. The third-order valence-corrected chi connectivity index (χ3v) is 2.48. The van der Waals surface area contributed by atoms with Crippen LogP contribution in [0.15, 0.2) is 18.3 Å². The molecule has 1 aromatic heterocycles. The monoisotopic (exact) mass is 195 g/mol. The summed E-state index contributed by atoms with van der Waals surface area (Å²) in [5, 5.41) is 0.